The number of nitrogens with zero attached hydrogens (tertiary/aromatic N) is 1. The van der Waals surface area contributed by atoms with Crippen molar-refractivity contribution in [3.05, 3.63) is 83.4 Å². The van der Waals surface area contributed by atoms with E-state index in [1.807, 2.05) is 53.4 Å². The number of ether oxygens (including phenoxy) is 3. The van der Waals surface area contributed by atoms with Crippen LogP contribution in [0.15, 0.2) is 66.7 Å². The first-order chi connectivity index (χ1) is 18.5. The SMILES string of the molecule is COc1ccc(C2C(C(=O)Nc3ccc(OC)c(OC)c3)c3ccccc3C(=O)N2C2CCCCC2)cc1. The molecule has 1 fully saturated rings. The molecule has 3 aromatic rings. The Balaban J connectivity index is 1.61. The Hall–Kier alpha value is -4.00. The average Bonchev–Trinajstić information content (AvgIpc) is 2.97. The zero-order chi connectivity index (χ0) is 26.6. The highest BCUT2D eigenvalue weighted by Crippen LogP contribution is 2.46. The van der Waals surface area contributed by atoms with Gasteiger partial charge in [-0.05, 0) is 54.3 Å². The number of anilines is 1. The normalized spacial score (nSPS) is 19.4. The van der Waals surface area contributed by atoms with Crippen LogP contribution in [0.25, 0.3) is 0 Å². The fourth-order valence-electron chi connectivity index (χ4n) is 5.88. The van der Waals surface area contributed by atoms with Crippen LogP contribution < -0.4 is 19.5 Å². The number of carbonyl (C=O) groups excluding carboxylic acids is 2. The van der Waals surface area contributed by atoms with E-state index in [1.165, 1.54) is 6.42 Å². The van der Waals surface area contributed by atoms with Gasteiger partial charge in [0.15, 0.2) is 11.5 Å². The molecule has 0 saturated heterocycles. The Morgan fingerprint density at radius 3 is 2.24 bits per heavy atom. The number of benzene rings is 3. The third-order valence-corrected chi connectivity index (χ3v) is 7.74. The van der Waals surface area contributed by atoms with Crippen molar-refractivity contribution >= 4 is 17.5 Å². The molecule has 1 aliphatic heterocycles. The van der Waals surface area contributed by atoms with Crippen molar-refractivity contribution in [1.29, 1.82) is 0 Å². The summed E-state index contributed by atoms with van der Waals surface area (Å²) in [5.41, 5.74) is 2.84. The Bertz CT molecular complexity index is 1300. The summed E-state index contributed by atoms with van der Waals surface area (Å²) in [5, 5.41) is 3.10. The lowest BCUT2D eigenvalue weighted by Crippen LogP contribution is -2.51. The van der Waals surface area contributed by atoms with Gasteiger partial charge in [-0.2, -0.15) is 0 Å². The molecule has 7 nitrogen and oxygen atoms in total. The maximum Gasteiger partial charge on any atom is 0.254 e. The standard InChI is InChI=1S/C31H34N2O5/c1-36-23-16-13-20(14-17-23)29-28(30(34)32-21-15-18-26(37-2)27(19-21)38-3)24-11-7-8-12-25(24)31(35)33(29)22-9-5-4-6-10-22/h7-8,11-19,22,28-29H,4-6,9-10H2,1-3H3,(H,32,34). The molecule has 1 aliphatic carbocycles. The zero-order valence-electron chi connectivity index (χ0n) is 22.1. The monoisotopic (exact) mass is 514 g/mol. The maximum atomic E-state index is 14.2. The lowest BCUT2D eigenvalue weighted by Gasteiger charge is -2.46. The molecule has 0 bridgehead atoms. The fourth-order valence-corrected chi connectivity index (χ4v) is 5.88. The van der Waals surface area contributed by atoms with Crippen molar-refractivity contribution in [2.75, 3.05) is 26.6 Å². The van der Waals surface area contributed by atoms with Gasteiger partial charge in [-0.1, -0.05) is 49.6 Å². The predicted molar refractivity (Wildman–Crippen MR) is 146 cm³/mol. The smallest absolute Gasteiger partial charge is 0.254 e. The highest BCUT2D eigenvalue weighted by Gasteiger charge is 2.46. The van der Waals surface area contributed by atoms with Crippen molar-refractivity contribution in [2.24, 2.45) is 0 Å². The largest absolute Gasteiger partial charge is 0.497 e. The van der Waals surface area contributed by atoms with E-state index in [9.17, 15) is 9.59 Å². The van der Waals surface area contributed by atoms with Crippen LogP contribution in [-0.4, -0.2) is 44.1 Å². The van der Waals surface area contributed by atoms with Gasteiger partial charge in [0, 0.05) is 23.4 Å². The molecule has 1 saturated carbocycles. The number of rotatable bonds is 7. The number of nitrogens with one attached hydrogen (secondary N) is 1. The third-order valence-electron chi connectivity index (χ3n) is 7.74. The summed E-state index contributed by atoms with van der Waals surface area (Å²) in [6.07, 6.45) is 5.20. The van der Waals surface area contributed by atoms with Crippen molar-refractivity contribution < 1.29 is 23.8 Å². The lowest BCUT2D eigenvalue weighted by atomic mass is 9.77. The number of amides is 2. The minimum atomic E-state index is -0.604. The first-order valence-corrected chi connectivity index (χ1v) is 13.1. The number of fused-ring (bicyclic) bond motifs is 1. The summed E-state index contributed by atoms with van der Waals surface area (Å²) in [5.74, 6) is 1.04. The summed E-state index contributed by atoms with van der Waals surface area (Å²) in [4.78, 5) is 30.2. The average molecular weight is 515 g/mol. The Morgan fingerprint density at radius 2 is 1.55 bits per heavy atom. The second-order valence-corrected chi connectivity index (χ2v) is 9.85. The molecule has 5 rings (SSSR count). The van der Waals surface area contributed by atoms with Gasteiger partial charge in [-0.3, -0.25) is 9.59 Å². The first kappa shape index (κ1) is 25.6. The first-order valence-electron chi connectivity index (χ1n) is 13.1. The molecule has 7 heteroatoms. The summed E-state index contributed by atoms with van der Waals surface area (Å²) in [6.45, 7) is 0. The Labute approximate surface area is 223 Å². The van der Waals surface area contributed by atoms with Gasteiger partial charge in [0.25, 0.3) is 5.91 Å². The van der Waals surface area contributed by atoms with Gasteiger partial charge >= 0.3 is 0 Å². The minimum Gasteiger partial charge on any atom is -0.497 e. The second kappa shape index (κ2) is 11.2. The van der Waals surface area contributed by atoms with E-state index >= 15 is 0 Å². The molecule has 1 N–H and O–H groups in total. The lowest BCUT2D eigenvalue weighted by molar-refractivity contribution is -0.119. The van der Waals surface area contributed by atoms with Crippen LogP contribution in [0.5, 0.6) is 17.2 Å². The van der Waals surface area contributed by atoms with Gasteiger partial charge in [0.2, 0.25) is 5.91 Å². The molecule has 2 unspecified atom stereocenters. The van der Waals surface area contributed by atoms with Gasteiger partial charge in [-0.25, -0.2) is 0 Å². The number of hydrogen-bond donors (Lipinski definition) is 1. The molecule has 3 aromatic carbocycles. The molecule has 0 spiro atoms. The molecule has 198 valence electrons. The quantitative estimate of drug-likeness (QED) is 0.421. The van der Waals surface area contributed by atoms with E-state index in [2.05, 4.69) is 5.32 Å². The maximum absolute atomic E-state index is 14.2. The topological polar surface area (TPSA) is 77.1 Å². The van der Waals surface area contributed by atoms with E-state index in [-0.39, 0.29) is 17.9 Å². The van der Waals surface area contributed by atoms with Crippen LogP contribution in [0.3, 0.4) is 0 Å². The molecule has 38 heavy (non-hydrogen) atoms. The Kier molecular flexibility index (Phi) is 7.54. The summed E-state index contributed by atoms with van der Waals surface area (Å²) >= 11 is 0. The predicted octanol–water partition coefficient (Wildman–Crippen LogP) is 5.96. The van der Waals surface area contributed by atoms with Crippen LogP contribution in [0.4, 0.5) is 5.69 Å². The highest BCUT2D eigenvalue weighted by molar-refractivity contribution is 6.04. The van der Waals surface area contributed by atoms with Crippen molar-refractivity contribution in [1.82, 2.24) is 4.90 Å². The number of carbonyl (C=O) groups is 2. The van der Waals surface area contributed by atoms with Crippen LogP contribution in [0, 0.1) is 0 Å². The van der Waals surface area contributed by atoms with Crippen LogP contribution in [-0.2, 0) is 4.79 Å². The van der Waals surface area contributed by atoms with Gasteiger partial charge in [0.1, 0.15) is 5.75 Å². The summed E-state index contributed by atoms with van der Waals surface area (Å²) in [6, 6.07) is 20.2. The molecule has 2 amide bonds. The van der Waals surface area contributed by atoms with E-state index < -0.39 is 12.0 Å². The Morgan fingerprint density at radius 1 is 0.842 bits per heavy atom. The van der Waals surface area contributed by atoms with Gasteiger partial charge < -0.3 is 24.4 Å². The molecule has 0 aromatic heterocycles. The summed E-state index contributed by atoms with van der Waals surface area (Å²) < 4.78 is 16.2. The molecule has 2 atom stereocenters. The molecular formula is C31H34N2O5. The van der Waals surface area contributed by atoms with Crippen LogP contribution in [0.1, 0.15) is 65.5 Å². The molecule has 1 heterocycles. The van der Waals surface area contributed by atoms with Crippen molar-refractivity contribution in [2.45, 2.75) is 50.1 Å². The second-order valence-electron chi connectivity index (χ2n) is 9.85. The van der Waals surface area contributed by atoms with Gasteiger partial charge in [-0.15, -0.1) is 0 Å². The molecular weight excluding hydrogens is 480 g/mol. The van der Waals surface area contributed by atoms with Crippen LogP contribution in [0.2, 0.25) is 0 Å². The zero-order valence-corrected chi connectivity index (χ0v) is 22.1. The third kappa shape index (κ3) is 4.80. The molecule has 0 radical (unpaired) electrons. The fraction of sp³-hybridized carbons (Fsp3) is 0.355. The highest BCUT2D eigenvalue weighted by atomic mass is 16.5. The summed E-state index contributed by atoms with van der Waals surface area (Å²) in [7, 11) is 4.77. The van der Waals surface area contributed by atoms with E-state index in [0.717, 1.165) is 42.6 Å². The van der Waals surface area contributed by atoms with E-state index in [4.69, 9.17) is 14.2 Å². The minimum absolute atomic E-state index is 0.0107. The van der Waals surface area contributed by atoms with Crippen LogP contribution >= 0.6 is 0 Å². The number of methoxy groups -OCH3 is 3. The molecule has 2 aliphatic rings. The van der Waals surface area contributed by atoms with Crippen molar-refractivity contribution in [3.8, 4) is 17.2 Å². The van der Waals surface area contributed by atoms with Gasteiger partial charge in [0.05, 0.1) is 33.3 Å². The number of hydrogen-bond acceptors (Lipinski definition) is 5. The van der Waals surface area contributed by atoms with E-state index in [1.54, 1.807) is 39.5 Å². The van der Waals surface area contributed by atoms with E-state index in [0.29, 0.717) is 22.7 Å². The van der Waals surface area contributed by atoms with Crippen molar-refractivity contribution in [3.63, 3.8) is 0 Å².